The number of rotatable bonds is 0. The maximum Gasteiger partial charge on any atom is 0.311 e. The number of hydrogen-bond donors (Lipinski definition) is 0. The largest absolute Gasteiger partial charge is 0.423 e. The van der Waals surface area contributed by atoms with E-state index in [0.29, 0.717) is 12.8 Å². The van der Waals surface area contributed by atoms with Crippen molar-refractivity contribution < 1.29 is 13.9 Å². The molecule has 0 amide bonds. The van der Waals surface area contributed by atoms with E-state index in [1.165, 1.54) is 6.07 Å². The highest BCUT2D eigenvalue weighted by Crippen LogP contribution is 2.27. The lowest BCUT2D eigenvalue weighted by Crippen LogP contribution is -2.06. The highest BCUT2D eigenvalue weighted by Gasteiger charge is 2.17. The van der Waals surface area contributed by atoms with E-state index in [2.05, 4.69) is 0 Å². The third-order valence-electron chi connectivity index (χ3n) is 2.09. The van der Waals surface area contributed by atoms with E-state index >= 15 is 0 Å². The molecule has 0 fully saturated rings. The van der Waals surface area contributed by atoms with E-state index in [9.17, 15) is 9.18 Å². The zero-order valence-electron chi connectivity index (χ0n) is 7.05. The van der Waals surface area contributed by atoms with Crippen molar-refractivity contribution in [3.05, 3.63) is 29.6 Å². The molecule has 0 atom stereocenters. The number of fused-ring (bicyclic) bond motifs is 1. The molecule has 13 heavy (non-hydrogen) atoms. The molecule has 1 aliphatic heterocycles. The van der Waals surface area contributed by atoms with Gasteiger partial charge in [0.25, 0.3) is 0 Å². The molecule has 68 valence electrons. The standard InChI is InChI=1S/C10H9FO2/c11-8-5-1-3-7-4-2-6-9(12)13-10(7)8/h1,3,5H,2,4,6H2. The number of carbonyl (C=O) groups is 1. The van der Waals surface area contributed by atoms with Gasteiger partial charge in [0.05, 0.1) is 0 Å². The van der Waals surface area contributed by atoms with Crippen LogP contribution in [0.5, 0.6) is 5.75 Å². The summed E-state index contributed by atoms with van der Waals surface area (Å²) in [7, 11) is 0. The average Bonchev–Trinajstić information content (AvgIpc) is 2.28. The summed E-state index contributed by atoms with van der Waals surface area (Å²) >= 11 is 0. The molecule has 0 unspecified atom stereocenters. The van der Waals surface area contributed by atoms with Crippen LogP contribution in [0.2, 0.25) is 0 Å². The van der Waals surface area contributed by atoms with Crippen molar-refractivity contribution in [3.63, 3.8) is 0 Å². The fourth-order valence-corrected chi connectivity index (χ4v) is 1.45. The van der Waals surface area contributed by atoms with Crippen LogP contribution in [-0.4, -0.2) is 5.97 Å². The first-order chi connectivity index (χ1) is 6.27. The minimum Gasteiger partial charge on any atom is -0.423 e. The molecule has 0 aromatic heterocycles. The summed E-state index contributed by atoms with van der Waals surface area (Å²) in [5, 5.41) is 0. The van der Waals surface area contributed by atoms with Crippen LogP contribution >= 0.6 is 0 Å². The minimum absolute atomic E-state index is 0.116. The van der Waals surface area contributed by atoms with Crippen LogP contribution < -0.4 is 4.74 Å². The summed E-state index contributed by atoms with van der Waals surface area (Å²) in [6.45, 7) is 0. The molecule has 0 saturated carbocycles. The van der Waals surface area contributed by atoms with Gasteiger partial charge in [-0.3, -0.25) is 4.79 Å². The third-order valence-corrected chi connectivity index (χ3v) is 2.09. The zero-order valence-corrected chi connectivity index (χ0v) is 7.05. The quantitative estimate of drug-likeness (QED) is 0.451. The summed E-state index contributed by atoms with van der Waals surface area (Å²) in [4.78, 5) is 11.0. The molecule has 1 aromatic carbocycles. The predicted octanol–water partition coefficient (Wildman–Crippen LogP) is 2.07. The summed E-state index contributed by atoms with van der Waals surface area (Å²) in [5.41, 5.74) is 0.783. The molecule has 3 heteroatoms. The van der Waals surface area contributed by atoms with Gasteiger partial charge in [0, 0.05) is 6.42 Å². The second-order valence-electron chi connectivity index (χ2n) is 3.06. The number of halogens is 1. The molecule has 0 aliphatic carbocycles. The van der Waals surface area contributed by atoms with Gasteiger partial charge in [0.2, 0.25) is 0 Å². The van der Waals surface area contributed by atoms with E-state index in [0.717, 1.165) is 12.0 Å². The van der Waals surface area contributed by atoms with Gasteiger partial charge in [-0.1, -0.05) is 12.1 Å². The van der Waals surface area contributed by atoms with Crippen molar-refractivity contribution in [1.29, 1.82) is 0 Å². The van der Waals surface area contributed by atoms with Gasteiger partial charge in [0.1, 0.15) is 0 Å². The van der Waals surface area contributed by atoms with Gasteiger partial charge in [-0.2, -0.15) is 0 Å². The molecule has 0 saturated heterocycles. The maximum atomic E-state index is 13.1. The van der Waals surface area contributed by atoms with Crippen LogP contribution in [0.1, 0.15) is 18.4 Å². The van der Waals surface area contributed by atoms with Crippen molar-refractivity contribution in [2.75, 3.05) is 0 Å². The topological polar surface area (TPSA) is 26.3 Å². The van der Waals surface area contributed by atoms with Crippen molar-refractivity contribution in [2.45, 2.75) is 19.3 Å². The van der Waals surface area contributed by atoms with Crippen LogP contribution in [0.25, 0.3) is 0 Å². The van der Waals surface area contributed by atoms with Crippen LogP contribution in [0.3, 0.4) is 0 Å². The number of esters is 1. The Morgan fingerprint density at radius 1 is 1.31 bits per heavy atom. The Morgan fingerprint density at radius 2 is 2.15 bits per heavy atom. The van der Waals surface area contributed by atoms with Crippen molar-refractivity contribution in [1.82, 2.24) is 0 Å². The molecule has 0 bridgehead atoms. The number of para-hydroxylation sites is 1. The molecule has 1 aliphatic rings. The Hall–Kier alpha value is -1.38. The van der Waals surface area contributed by atoms with E-state index in [1.807, 2.05) is 0 Å². The zero-order chi connectivity index (χ0) is 9.26. The monoisotopic (exact) mass is 180 g/mol. The normalized spacial score (nSPS) is 15.9. The second-order valence-corrected chi connectivity index (χ2v) is 3.06. The Morgan fingerprint density at radius 3 is 3.00 bits per heavy atom. The lowest BCUT2D eigenvalue weighted by Gasteiger charge is -2.05. The predicted molar refractivity (Wildman–Crippen MR) is 45.0 cm³/mol. The van der Waals surface area contributed by atoms with Crippen molar-refractivity contribution in [3.8, 4) is 5.75 Å². The lowest BCUT2D eigenvalue weighted by atomic mass is 10.1. The molecular formula is C10H9FO2. The Labute approximate surface area is 75.3 Å². The molecule has 1 aromatic rings. The Kier molecular flexibility index (Phi) is 2.00. The molecule has 2 nitrogen and oxygen atoms in total. The Bertz CT molecular complexity index is 347. The molecule has 0 radical (unpaired) electrons. The van der Waals surface area contributed by atoms with Crippen LogP contribution in [-0.2, 0) is 11.2 Å². The highest BCUT2D eigenvalue weighted by atomic mass is 19.1. The Balaban J connectivity index is 2.46. The summed E-state index contributed by atoms with van der Waals surface area (Å²) < 4.78 is 18.0. The number of ether oxygens (including phenoxy) is 1. The van der Waals surface area contributed by atoms with Crippen molar-refractivity contribution in [2.24, 2.45) is 0 Å². The third kappa shape index (κ3) is 1.54. The SMILES string of the molecule is O=C1CCCc2cccc(F)c2O1. The van der Waals surface area contributed by atoms with Gasteiger partial charge in [0.15, 0.2) is 11.6 Å². The van der Waals surface area contributed by atoms with Gasteiger partial charge >= 0.3 is 5.97 Å². The van der Waals surface area contributed by atoms with Crippen molar-refractivity contribution >= 4 is 5.97 Å². The number of carbonyl (C=O) groups excluding carboxylic acids is 1. The molecule has 1 heterocycles. The first-order valence-electron chi connectivity index (χ1n) is 4.25. The first-order valence-corrected chi connectivity index (χ1v) is 4.25. The smallest absolute Gasteiger partial charge is 0.311 e. The van der Waals surface area contributed by atoms with Crippen LogP contribution in [0.4, 0.5) is 4.39 Å². The fourth-order valence-electron chi connectivity index (χ4n) is 1.45. The first kappa shape index (κ1) is 8.23. The summed E-state index contributed by atoms with van der Waals surface area (Å²) in [6, 6.07) is 4.72. The number of aryl methyl sites for hydroxylation is 1. The molecule has 0 spiro atoms. The minimum atomic E-state index is -0.451. The van der Waals surface area contributed by atoms with E-state index in [-0.39, 0.29) is 11.7 Å². The average molecular weight is 180 g/mol. The van der Waals surface area contributed by atoms with Crippen LogP contribution in [0, 0.1) is 5.82 Å². The summed E-state index contributed by atoms with van der Waals surface area (Å²) in [6.07, 6.45) is 1.81. The highest BCUT2D eigenvalue weighted by molar-refractivity contribution is 5.73. The van der Waals surface area contributed by atoms with E-state index in [1.54, 1.807) is 12.1 Å². The molecule has 2 rings (SSSR count). The maximum absolute atomic E-state index is 13.1. The second kappa shape index (κ2) is 3.17. The number of hydrogen-bond acceptors (Lipinski definition) is 2. The summed E-state index contributed by atoms with van der Waals surface area (Å²) in [5.74, 6) is -0.679. The lowest BCUT2D eigenvalue weighted by molar-refractivity contribution is -0.134. The van der Waals surface area contributed by atoms with Gasteiger partial charge in [-0.05, 0) is 24.5 Å². The molecular weight excluding hydrogens is 171 g/mol. The van der Waals surface area contributed by atoms with Crippen LogP contribution in [0.15, 0.2) is 18.2 Å². The molecule has 0 N–H and O–H groups in total. The van der Waals surface area contributed by atoms with Gasteiger partial charge < -0.3 is 4.74 Å². The van der Waals surface area contributed by atoms with E-state index in [4.69, 9.17) is 4.74 Å². The van der Waals surface area contributed by atoms with Gasteiger partial charge in [-0.15, -0.1) is 0 Å². The fraction of sp³-hybridized carbons (Fsp3) is 0.300. The number of benzene rings is 1. The van der Waals surface area contributed by atoms with Gasteiger partial charge in [-0.25, -0.2) is 4.39 Å². The van der Waals surface area contributed by atoms with E-state index < -0.39 is 5.82 Å².